The van der Waals surface area contributed by atoms with E-state index in [1.807, 2.05) is 45.0 Å². The smallest absolute Gasteiger partial charge is 0.272 e. The van der Waals surface area contributed by atoms with Crippen LogP contribution in [-0.2, 0) is 0 Å². The Morgan fingerprint density at radius 3 is 2.27 bits per heavy atom. The molecule has 3 rings (SSSR count). The van der Waals surface area contributed by atoms with Crippen molar-refractivity contribution >= 4 is 22.5 Å². The van der Waals surface area contributed by atoms with E-state index in [1.165, 1.54) is 5.56 Å². The van der Waals surface area contributed by atoms with Gasteiger partial charge in [0, 0.05) is 16.6 Å². The third kappa shape index (κ3) is 2.62. The summed E-state index contributed by atoms with van der Waals surface area (Å²) in [4.78, 5) is 15.8. The third-order valence-corrected chi connectivity index (χ3v) is 3.92. The van der Waals surface area contributed by atoms with Crippen molar-refractivity contribution in [3.63, 3.8) is 0 Å². The first-order chi connectivity index (χ1) is 10.4. The standard InChI is InChI=1S/C19H20N2O/c1-11-5-6-17-16(10-11)14(4)18(21-17)19(22)20-15-8-12(2)7-13(3)9-15/h5-10,21H,1-4H3,(H,20,22). The number of fused-ring (bicyclic) bond motifs is 1. The Kier molecular flexibility index (Phi) is 3.49. The number of H-pyrrole nitrogens is 1. The van der Waals surface area contributed by atoms with Gasteiger partial charge in [-0.25, -0.2) is 0 Å². The van der Waals surface area contributed by atoms with Gasteiger partial charge >= 0.3 is 0 Å². The van der Waals surface area contributed by atoms with E-state index in [-0.39, 0.29) is 5.91 Å². The molecule has 1 amide bonds. The Bertz CT molecular complexity index is 854. The molecule has 3 heteroatoms. The largest absolute Gasteiger partial charge is 0.350 e. The van der Waals surface area contributed by atoms with Crippen LogP contribution in [0.5, 0.6) is 0 Å². The number of amides is 1. The highest BCUT2D eigenvalue weighted by Gasteiger charge is 2.15. The Labute approximate surface area is 130 Å². The first kappa shape index (κ1) is 14.4. The summed E-state index contributed by atoms with van der Waals surface area (Å²) in [6, 6.07) is 12.2. The van der Waals surface area contributed by atoms with E-state index in [0.717, 1.165) is 33.3 Å². The normalized spacial score (nSPS) is 10.9. The molecule has 0 aliphatic heterocycles. The van der Waals surface area contributed by atoms with Gasteiger partial charge in [0.25, 0.3) is 5.91 Å². The molecule has 0 saturated heterocycles. The zero-order valence-electron chi connectivity index (χ0n) is 13.4. The lowest BCUT2D eigenvalue weighted by Gasteiger charge is -2.07. The van der Waals surface area contributed by atoms with Gasteiger partial charge in [-0.05, 0) is 68.7 Å². The number of rotatable bonds is 2. The fraction of sp³-hybridized carbons (Fsp3) is 0.211. The van der Waals surface area contributed by atoms with Crippen molar-refractivity contribution in [3.05, 3.63) is 64.3 Å². The summed E-state index contributed by atoms with van der Waals surface area (Å²) >= 11 is 0. The zero-order chi connectivity index (χ0) is 15.9. The molecule has 0 saturated carbocycles. The van der Waals surface area contributed by atoms with Crippen molar-refractivity contribution in [3.8, 4) is 0 Å². The first-order valence-electron chi connectivity index (χ1n) is 7.42. The van der Waals surface area contributed by atoms with E-state index in [0.29, 0.717) is 5.69 Å². The number of benzene rings is 2. The molecule has 112 valence electrons. The topological polar surface area (TPSA) is 44.9 Å². The molecule has 0 unspecified atom stereocenters. The van der Waals surface area contributed by atoms with Gasteiger partial charge in [-0.2, -0.15) is 0 Å². The van der Waals surface area contributed by atoms with Crippen molar-refractivity contribution in [1.82, 2.24) is 4.98 Å². The summed E-state index contributed by atoms with van der Waals surface area (Å²) in [6.07, 6.45) is 0. The molecule has 0 bridgehead atoms. The highest BCUT2D eigenvalue weighted by atomic mass is 16.1. The lowest BCUT2D eigenvalue weighted by Crippen LogP contribution is -2.13. The molecule has 0 radical (unpaired) electrons. The van der Waals surface area contributed by atoms with Crippen LogP contribution in [0.15, 0.2) is 36.4 Å². The Balaban J connectivity index is 1.96. The second-order valence-corrected chi connectivity index (χ2v) is 6.00. The van der Waals surface area contributed by atoms with Crippen molar-refractivity contribution in [2.75, 3.05) is 5.32 Å². The SMILES string of the molecule is Cc1cc(C)cc(NC(=O)c2[nH]c3ccc(C)cc3c2C)c1. The number of anilines is 1. The van der Waals surface area contributed by atoms with Crippen LogP contribution < -0.4 is 5.32 Å². The second-order valence-electron chi connectivity index (χ2n) is 6.00. The minimum atomic E-state index is -0.101. The molecule has 0 spiro atoms. The number of aromatic nitrogens is 1. The van der Waals surface area contributed by atoms with Crippen LogP contribution in [0.25, 0.3) is 10.9 Å². The van der Waals surface area contributed by atoms with E-state index >= 15 is 0 Å². The van der Waals surface area contributed by atoms with Crippen LogP contribution in [0, 0.1) is 27.7 Å². The second kappa shape index (κ2) is 5.34. The monoisotopic (exact) mass is 292 g/mol. The number of carbonyl (C=O) groups is 1. The highest BCUT2D eigenvalue weighted by Crippen LogP contribution is 2.24. The fourth-order valence-corrected chi connectivity index (χ4v) is 2.91. The van der Waals surface area contributed by atoms with Crippen molar-refractivity contribution in [2.24, 2.45) is 0 Å². The van der Waals surface area contributed by atoms with E-state index < -0.39 is 0 Å². The van der Waals surface area contributed by atoms with E-state index in [9.17, 15) is 4.79 Å². The van der Waals surface area contributed by atoms with Crippen molar-refractivity contribution in [2.45, 2.75) is 27.7 Å². The molecule has 0 fully saturated rings. The quantitative estimate of drug-likeness (QED) is 0.709. The number of carbonyl (C=O) groups excluding carboxylic acids is 1. The van der Waals surface area contributed by atoms with Crippen LogP contribution in [0.1, 0.15) is 32.7 Å². The molecular weight excluding hydrogens is 272 g/mol. The van der Waals surface area contributed by atoms with Crippen LogP contribution in [-0.4, -0.2) is 10.9 Å². The van der Waals surface area contributed by atoms with Crippen LogP contribution in [0.4, 0.5) is 5.69 Å². The van der Waals surface area contributed by atoms with Crippen LogP contribution >= 0.6 is 0 Å². The number of aromatic amines is 1. The summed E-state index contributed by atoms with van der Waals surface area (Å²) in [6.45, 7) is 8.09. The van der Waals surface area contributed by atoms with E-state index in [2.05, 4.69) is 29.4 Å². The van der Waals surface area contributed by atoms with Crippen molar-refractivity contribution < 1.29 is 4.79 Å². The van der Waals surface area contributed by atoms with E-state index in [4.69, 9.17) is 0 Å². The minimum absolute atomic E-state index is 0.101. The summed E-state index contributed by atoms with van der Waals surface area (Å²) in [5.41, 5.74) is 6.90. The Morgan fingerprint density at radius 1 is 0.909 bits per heavy atom. The minimum Gasteiger partial charge on any atom is -0.350 e. The molecule has 2 N–H and O–H groups in total. The highest BCUT2D eigenvalue weighted by molar-refractivity contribution is 6.07. The number of hydrogen-bond acceptors (Lipinski definition) is 1. The molecular formula is C19H20N2O. The summed E-state index contributed by atoms with van der Waals surface area (Å²) in [5.74, 6) is -0.101. The lowest BCUT2D eigenvalue weighted by molar-refractivity contribution is 0.102. The van der Waals surface area contributed by atoms with Gasteiger partial charge in [-0.1, -0.05) is 17.7 Å². The molecule has 0 aliphatic carbocycles. The lowest BCUT2D eigenvalue weighted by atomic mass is 10.1. The Hall–Kier alpha value is -2.55. The molecule has 0 atom stereocenters. The summed E-state index contributed by atoms with van der Waals surface area (Å²) < 4.78 is 0. The molecule has 3 nitrogen and oxygen atoms in total. The van der Waals surface area contributed by atoms with Crippen LogP contribution in [0.3, 0.4) is 0 Å². The van der Waals surface area contributed by atoms with Gasteiger partial charge in [0.1, 0.15) is 5.69 Å². The van der Waals surface area contributed by atoms with Crippen LogP contribution in [0.2, 0.25) is 0 Å². The maximum absolute atomic E-state index is 12.6. The van der Waals surface area contributed by atoms with Gasteiger partial charge in [0.05, 0.1) is 0 Å². The third-order valence-electron chi connectivity index (χ3n) is 3.92. The number of hydrogen-bond donors (Lipinski definition) is 2. The molecule has 2 aromatic carbocycles. The predicted octanol–water partition coefficient (Wildman–Crippen LogP) is 4.65. The van der Waals surface area contributed by atoms with Gasteiger partial charge in [-0.3, -0.25) is 4.79 Å². The molecule has 3 aromatic rings. The van der Waals surface area contributed by atoms with Gasteiger partial charge in [0.15, 0.2) is 0 Å². The van der Waals surface area contributed by atoms with Crippen molar-refractivity contribution in [1.29, 1.82) is 0 Å². The molecule has 0 aliphatic rings. The van der Waals surface area contributed by atoms with Gasteiger partial charge in [0.2, 0.25) is 0 Å². The molecule has 1 aromatic heterocycles. The van der Waals surface area contributed by atoms with E-state index in [1.54, 1.807) is 0 Å². The maximum atomic E-state index is 12.6. The number of aryl methyl sites for hydroxylation is 4. The molecule has 22 heavy (non-hydrogen) atoms. The first-order valence-corrected chi connectivity index (χ1v) is 7.42. The van der Waals surface area contributed by atoms with Gasteiger partial charge in [-0.15, -0.1) is 0 Å². The average molecular weight is 292 g/mol. The van der Waals surface area contributed by atoms with Gasteiger partial charge < -0.3 is 10.3 Å². The molecule has 1 heterocycles. The Morgan fingerprint density at radius 2 is 1.59 bits per heavy atom. The number of nitrogens with one attached hydrogen (secondary N) is 2. The zero-order valence-corrected chi connectivity index (χ0v) is 13.4. The average Bonchev–Trinajstić information content (AvgIpc) is 2.75. The summed E-state index contributed by atoms with van der Waals surface area (Å²) in [7, 11) is 0. The fourth-order valence-electron chi connectivity index (χ4n) is 2.91. The maximum Gasteiger partial charge on any atom is 0.272 e. The predicted molar refractivity (Wildman–Crippen MR) is 91.6 cm³/mol. The summed E-state index contributed by atoms with van der Waals surface area (Å²) in [5, 5.41) is 4.09.